The number of benzene rings is 1. The molecule has 0 saturated heterocycles. The lowest BCUT2D eigenvalue weighted by Crippen LogP contribution is -2.15. The summed E-state index contributed by atoms with van der Waals surface area (Å²) in [5.74, 6) is 0.478. The predicted molar refractivity (Wildman–Crippen MR) is 77.8 cm³/mol. The molecule has 1 saturated carbocycles. The molecule has 1 aliphatic rings. The maximum atomic E-state index is 12.1. The number of nitrogens with zero attached hydrogens (tertiary/aromatic N) is 2. The monoisotopic (exact) mass is 268 g/mol. The maximum Gasteiger partial charge on any atom is 0.274 e. The molecule has 2 N–H and O–H groups in total. The van der Waals surface area contributed by atoms with Crippen molar-refractivity contribution in [3.8, 4) is 0 Å². The quantitative estimate of drug-likeness (QED) is 0.894. The SMILES string of the molecule is Cc1ccc(NC(=O)c2cc(NC3CC3)ncn2)cc1. The molecule has 102 valence electrons. The van der Waals surface area contributed by atoms with Gasteiger partial charge in [-0.3, -0.25) is 4.79 Å². The van der Waals surface area contributed by atoms with Gasteiger partial charge in [-0.25, -0.2) is 9.97 Å². The molecule has 0 bridgehead atoms. The second-order valence-electron chi connectivity index (χ2n) is 5.03. The number of rotatable bonds is 4. The zero-order valence-corrected chi connectivity index (χ0v) is 11.3. The zero-order valence-electron chi connectivity index (χ0n) is 11.3. The van der Waals surface area contributed by atoms with Gasteiger partial charge in [0.05, 0.1) is 0 Å². The number of hydrogen-bond donors (Lipinski definition) is 2. The van der Waals surface area contributed by atoms with Gasteiger partial charge in [-0.05, 0) is 31.9 Å². The Morgan fingerprint density at radius 3 is 2.65 bits per heavy atom. The van der Waals surface area contributed by atoms with Gasteiger partial charge in [0.15, 0.2) is 0 Å². The van der Waals surface area contributed by atoms with Gasteiger partial charge in [-0.15, -0.1) is 0 Å². The van der Waals surface area contributed by atoms with E-state index in [1.54, 1.807) is 6.07 Å². The molecule has 5 heteroatoms. The number of amides is 1. The van der Waals surface area contributed by atoms with Crippen molar-refractivity contribution in [2.75, 3.05) is 10.6 Å². The van der Waals surface area contributed by atoms with Crippen molar-refractivity contribution in [1.29, 1.82) is 0 Å². The minimum absolute atomic E-state index is 0.227. The molecule has 5 nitrogen and oxygen atoms in total. The smallest absolute Gasteiger partial charge is 0.274 e. The largest absolute Gasteiger partial charge is 0.367 e. The number of anilines is 2. The van der Waals surface area contributed by atoms with Crippen LogP contribution in [0.2, 0.25) is 0 Å². The maximum absolute atomic E-state index is 12.1. The third kappa shape index (κ3) is 3.12. The summed E-state index contributed by atoms with van der Waals surface area (Å²) in [7, 11) is 0. The lowest BCUT2D eigenvalue weighted by atomic mass is 10.2. The average molecular weight is 268 g/mol. The number of hydrogen-bond acceptors (Lipinski definition) is 4. The molecule has 0 spiro atoms. The highest BCUT2D eigenvalue weighted by atomic mass is 16.1. The van der Waals surface area contributed by atoms with E-state index in [0.717, 1.165) is 24.1 Å². The van der Waals surface area contributed by atoms with Crippen LogP contribution in [0.25, 0.3) is 0 Å². The summed E-state index contributed by atoms with van der Waals surface area (Å²) >= 11 is 0. The number of carbonyl (C=O) groups is 1. The highest BCUT2D eigenvalue weighted by Crippen LogP contribution is 2.23. The van der Waals surface area contributed by atoms with Crippen LogP contribution in [0.5, 0.6) is 0 Å². The topological polar surface area (TPSA) is 66.9 Å². The van der Waals surface area contributed by atoms with Crippen molar-refractivity contribution >= 4 is 17.4 Å². The lowest BCUT2D eigenvalue weighted by Gasteiger charge is -2.07. The van der Waals surface area contributed by atoms with Crippen LogP contribution in [-0.2, 0) is 0 Å². The fourth-order valence-electron chi connectivity index (χ4n) is 1.83. The summed E-state index contributed by atoms with van der Waals surface area (Å²) in [4.78, 5) is 20.3. The van der Waals surface area contributed by atoms with E-state index >= 15 is 0 Å². The van der Waals surface area contributed by atoms with E-state index in [1.165, 1.54) is 6.33 Å². The highest BCUT2D eigenvalue weighted by Gasteiger charge is 2.21. The van der Waals surface area contributed by atoms with Crippen LogP contribution in [0.3, 0.4) is 0 Å². The number of aryl methyl sites for hydroxylation is 1. The van der Waals surface area contributed by atoms with Crippen LogP contribution in [0.1, 0.15) is 28.9 Å². The molecular weight excluding hydrogens is 252 g/mol. The normalized spacial score (nSPS) is 13.8. The van der Waals surface area contributed by atoms with Gasteiger partial charge in [0.1, 0.15) is 17.8 Å². The Kier molecular flexibility index (Phi) is 3.33. The van der Waals surface area contributed by atoms with E-state index in [4.69, 9.17) is 0 Å². The van der Waals surface area contributed by atoms with E-state index in [0.29, 0.717) is 17.6 Å². The fraction of sp³-hybridized carbons (Fsp3) is 0.267. The van der Waals surface area contributed by atoms with Gasteiger partial charge in [-0.2, -0.15) is 0 Å². The Bertz CT molecular complexity index is 620. The third-order valence-corrected chi connectivity index (χ3v) is 3.14. The molecule has 1 aromatic carbocycles. The first-order valence-electron chi connectivity index (χ1n) is 6.67. The van der Waals surface area contributed by atoms with Gasteiger partial charge in [-0.1, -0.05) is 17.7 Å². The molecule has 1 aliphatic carbocycles. The summed E-state index contributed by atoms with van der Waals surface area (Å²) in [5, 5.41) is 6.08. The van der Waals surface area contributed by atoms with Crippen LogP contribution in [-0.4, -0.2) is 21.9 Å². The molecule has 1 fully saturated rings. The molecule has 0 radical (unpaired) electrons. The minimum Gasteiger partial charge on any atom is -0.367 e. The Balaban J connectivity index is 1.71. The molecule has 2 aromatic rings. The Labute approximate surface area is 117 Å². The van der Waals surface area contributed by atoms with Crippen molar-refractivity contribution < 1.29 is 4.79 Å². The molecule has 0 unspecified atom stereocenters. The Hall–Kier alpha value is -2.43. The summed E-state index contributed by atoms with van der Waals surface area (Å²) in [6.07, 6.45) is 3.73. The fourth-order valence-corrected chi connectivity index (χ4v) is 1.83. The molecule has 0 atom stereocenters. The molecular formula is C15H16N4O. The molecule has 20 heavy (non-hydrogen) atoms. The van der Waals surface area contributed by atoms with Crippen LogP contribution < -0.4 is 10.6 Å². The summed E-state index contributed by atoms with van der Waals surface area (Å²) < 4.78 is 0. The van der Waals surface area contributed by atoms with Crippen LogP contribution in [0.4, 0.5) is 11.5 Å². The molecule has 1 heterocycles. The van der Waals surface area contributed by atoms with Crippen molar-refractivity contribution in [2.24, 2.45) is 0 Å². The number of aromatic nitrogens is 2. The first kappa shape index (κ1) is 12.6. The average Bonchev–Trinajstić information content (AvgIpc) is 3.25. The number of carbonyl (C=O) groups excluding carboxylic acids is 1. The summed E-state index contributed by atoms with van der Waals surface area (Å²) in [6, 6.07) is 9.83. The highest BCUT2D eigenvalue weighted by molar-refractivity contribution is 6.03. The third-order valence-electron chi connectivity index (χ3n) is 3.14. The van der Waals surface area contributed by atoms with E-state index in [2.05, 4.69) is 20.6 Å². The van der Waals surface area contributed by atoms with Crippen LogP contribution >= 0.6 is 0 Å². The van der Waals surface area contributed by atoms with Crippen molar-refractivity contribution in [2.45, 2.75) is 25.8 Å². The summed E-state index contributed by atoms with van der Waals surface area (Å²) in [6.45, 7) is 2.01. The molecule has 3 rings (SSSR count). The van der Waals surface area contributed by atoms with Crippen LogP contribution in [0, 0.1) is 6.92 Å². The van der Waals surface area contributed by atoms with Gasteiger partial charge in [0.25, 0.3) is 5.91 Å². The van der Waals surface area contributed by atoms with Gasteiger partial charge in [0.2, 0.25) is 0 Å². The van der Waals surface area contributed by atoms with Crippen molar-refractivity contribution in [3.63, 3.8) is 0 Å². The second-order valence-corrected chi connectivity index (χ2v) is 5.03. The molecule has 1 aromatic heterocycles. The van der Waals surface area contributed by atoms with Crippen molar-refractivity contribution in [1.82, 2.24) is 9.97 Å². The zero-order chi connectivity index (χ0) is 13.9. The van der Waals surface area contributed by atoms with Gasteiger partial charge >= 0.3 is 0 Å². The van der Waals surface area contributed by atoms with E-state index in [1.807, 2.05) is 31.2 Å². The molecule has 1 amide bonds. The minimum atomic E-state index is -0.227. The van der Waals surface area contributed by atoms with E-state index in [-0.39, 0.29) is 5.91 Å². The van der Waals surface area contributed by atoms with Gasteiger partial charge in [0, 0.05) is 17.8 Å². The van der Waals surface area contributed by atoms with E-state index in [9.17, 15) is 4.79 Å². The standard InChI is InChI=1S/C15H16N4O/c1-10-2-4-12(5-3-10)19-15(20)13-8-14(17-9-16-13)18-11-6-7-11/h2-5,8-9,11H,6-7H2,1H3,(H,19,20)(H,16,17,18). The molecule has 0 aliphatic heterocycles. The summed E-state index contributed by atoms with van der Waals surface area (Å²) in [5.41, 5.74) is 2.28. The lowest BCUT2D eigenvalue weighted by molar-refractivity contribution is 0.102. The first-order valence-corrected chi connectivity index (χ1v) is 6.67. The Morgan fingerprint density at radius 2 is 1.95 bits per heavy atom. The first-order chi connectivity index (χ1) is 9.70. The predicted octanol–water partition coefficient (Wildman–Crippen LogP) is 2.61. The Morgan fingerprint density at radius 1 is 1.20 bits per heavy atom. The van der Waals surface area contributed by atoms with Crippen LogP contribution in [0.15, 0.2) is 36.7 Å². The van der Waals surface area contributed by atoms with Crippen molar-refractivity contribution in [3.05, 3.63) is 47.9 Å². The van der Waals surface area contributed by atoms with Gasteiger partial charge < -0.3 is 10.6 Å². The second kappa shape index (κ2) is 5.28. The number of nitrogens with one attached hydrogen (secondary N) is 2. The van der Waals surface area contributed by atoms with E-state index < -0.39 is 0 Å².